The fourth-order valence-electron chi connectivity index (χ4n) is 4.59. The molecule has 0 bridgehead atoms. The van der Waals surface area contributed by atoms with Gasteiger partial charge < -0.3 is 10.2 Å². The van der Waals surface area contributed by atoms with Gasteiger partial charge in [-0.3, -0.25) is 9.59 Å². The number of rotatable bonds is 8. The lowest BCUT2D eigenvalue weighted by molar-refractivity contribution is -0.122. The van der Waals surface area contributed by atoms with Crippen LogP contribution in [0.2, 0.25) is 0 Å². The van der Waals surface area contributed by atoms with E-state index in [0.29, 0.717) is 43.5 Å². The predicted octanol–water partition coefficient (Wildman–Crippen LogP) is 5.39. The molecule has 0 unspecified atom stereocenters. The lowest BCUT2D eigenvalue weighted by atomic mass is 9.93. The Morgan fingerprint density at radius 3 is 2.49 bits per heavy atom. The Bertz CT molecular complexity index is 1150. The molecular weight excluding hydrogens is 504 g/mol. The van der Waals surface area contributed by atoms with Crippen LogP contribution >= 0.6 is 15.9 Å². The number of nitrogens with one attached hydrogen (secondary N) is 1. The molecule has 0 atom stereocenters. The van der Waals surface area contributed by atoms with Gasteiger partial charge in [-0.15, -0.1) is 0 Å². The molecule has 1 N–H and O–H groups in total. The molecule has 2 amide bonds. The van der Waals surface area contributed by atoms with E-state index in [4.69, 9.17) is 5.10 Å². The topological polar surface area (TPSA) is 67.2 Å². The third kappa shape index (κ3) is 6.82. The number of carbonyl (C=O) groups is 2. The molecule has 1 saturated heterocycles. The summed E-state index contributed by atoms with van der Waals surface area (Å²) in [6.45, 7) is 6.18. The molecule has 2 aromatic carbocycles. The number of carbonyl (C=O) groups excluding carboxylic acids is 2. The van der Waals surface area contributed by atoms with Gasteiger partial charge in [-0.1, -0.05) is 54.0 Å². The van der Waals surface area contributed by atoms with Crippen LogP contribution in [0, 0.1) is 11.8 Å². The second-order valence-corrected chi connectivity index (χ2v) is 10.6. The maximum atomic E-state index is 12.8. The minimum atomic E-state index is 0.0430. The number of halogens is 1. The average Bonchev–Trinajstić information content (AvgIpc) is 3.25. The Morgan fingerprint density at radius 1 is 1.06 bits per heavy atom. The van der Waals surface area contributed by atoms with Crippen molar-refractivity contribution in [3.63, 3.8) is 0 Å². The molecule has 0 saturated carbocycles. The van der Waals surface area contributed by atoms with Crippen LogP contribution in [-0.2, 0) is 17.8 Å². The summed E-state index contributed by atoms with van der Waals surface area (Å²) in [4.78, 5) is 27.3. The summed E-state index contributed by atoms with van der Waals surface area (Å²) in [5.74, 6) is 0.902. The largest absolute Gasteiger partial charge is 0.350 e. The molecule has 6 nitrogen and oxygen atoms in total. The smallest absolute Gasteiger partial charge is 0.253 e. The molecule has 1 aliphatic heterocycles. The quantitative estimate of drug-likeness (QED) is 0.419. The van der Waals surface area contributed by atoms with Crippen molar-refractivity contribution in [2.45, 2.75) is 46.1 Å². The van der Waals surface area contributed by atoms with Gasteiger partial charge in [-0.2, -0.15) is 5.10 Å². The van der Waals surface area contributed by atoms with Crippen LogP contribution < -0.4 is 5.32 Å². The van der Waals surface area contributed by atoms with E-state index < -0.39 is 0 Å². The Kier molecular flexibility index (Phi) is 8.39. The number of para-hydroxylation sites is 1. The van der Waals surface area contributed by atoms with Gasteiger partial charge in [0.15, 0.2) is 0 Å². The summed E-state index contributed by atoms with van der Waals surface area (Å²) in [7, 11) is 0. The van der Waals surface area contributed by atoms with Crippen LogP contribution in [-0.4, -0.2) is 39.6 Å². The number of likely N-dealkylation sites (tertiary alicyclic amines) is 1. The van der Waals surface area contributed by atoms with Crippen molar-refractivity contribution in [3.05, 3.63) is 82.1 Å². The highest BCUT2D eigenvalue weighted by molar-refractivity contribution is 9.10. The van der Waals surface area contributed by atoms with Crippen molar-refractivity contribution in [1.29, 1.82) is 0 Å². The number of aromatic nitrogens is 2. The van der Waals surface area contributed by atoms with Crippen LogP contribution in [0.15, 0.2) is 65.1 Å². The monoisotopic (exact) mass is 536 g/mol. The third-order valence-corrected chi connectivity index (χ3v) is 6.86. The lowest BCUT2D eigenvalue weighted by Gasteiger charge is -2.31. The zero-order valence-corrected chi connectivity index (χ0v) is 22.0. The van der Waals surface area contributed by atoms with Gasteiger partial charge in [-0.05, 0) is 67.5 Å². The number of piperidine rings is 1. The first-order valence-corrected chi connectivity index (χ1v) is 13.1. The summed E-state index contributed by atoms with van der Waals surface area (Å²) < 4.78 is 2.89. The van der Waals surface area contributed by atoms with Crippen molar-refractivity contribution >= 4 is 27.7 Å². The highest BCUT2D eigenvalue weighted by Gasteiger charge is 2.25. The summed E-state index contributed by atoms with van der Waals surface area (Å²) in [5.41, 5.74) is 3.75. The Morgan fingerprint density at radius 2 is 1.80 bits per heavy atom. The Hall–Kier alpha value is -2.93. The van der Waals surface area contributed by atoms with E-state index in [2.05, 4.69) is 41.2 Å². The van der Waals surface area contributed by atoms with E-state index in [1.54, 1.807) is 0 Å². The minimum absolute atomic E-state index is 0.0430. The average molecular weight is 538 g/mol. The molecular formula is C28H33BrN4O2. The van der Waals surface area contributed by atoms with Crippen LogP contribution in [0.1, 0.15) is 54.9 Å². The summed E-state index contributed by atoms with van der Waals surface area (Å²) in [5, 5.41) is 7.83. The van der Waals surface area contributed by atoms with Gasteiger partial charge >= 0.3 is 0 Å². The second-order valence-electron chi connectivity index (χ2n) is 9.70. The molecule has 2 heterocycles. The van der Waals surface area contributed by atoms with Crippen LogP contribution in [0.25, 0.3) is 5.69 Å². The minimum Gasteiger partial charge on any atom is -0.350 e. The molecule has 1 aromatic heterocycles. The Labute approximate surface area is 215 Å². The standard InChI is InChI=1S/C28H33BrN4O2/c1-20(2)15-26-18-24(31-33(26)25-9-4-3-5-10-25)19-30-27(34)16-21-11-13-32(14-12-21)28(35)22-7-6-8-23(29)17-22/h3-10,17-18,20-21H,11-16,19H2,1-2H3,(H,30,34). The van der Waals surface area contributed by atoms with Crippen molar-refractivity contribution in [3.8, 4) is 5.69 Å². The molecule has 0 spiro atoms. The van der Waals surface area contributed by atoms with E-state index in [1.807, 2.05) is 64.2 Å². The van der Waals surface area contributed by atoms with E-state index in [1.165, 1.54) is 0 Å². The first kappa shape index (κ1) is 25.2. The zero-order valence-electron chi connectivity index (χ0n) is 20.4. The van der Waals surface area contributed by atoms with Gasteiger partial charge in [0.1, 0.15) is 0 Å². The van der Waals surface area contributed by atoms with Crippen molar-refractivity contribution < 1.29 is 9.59 Å². The van der Waals surface area contributed by atoms with Crippen LogP contribution in [0.5, 0.6) is 0 Å². The van der Waals surface area contributed by atoms with E-state index in [-0.39, 0.29) is 11.8 Å². The van der Waals surface area contributed by atoms with Crippen LogP contribution in [0.3, 0.4) is 0 Å². The molecule has 7 heteroatoms. The second kappa shape index (κ2) is 11.7. The summed E-state index contributed by atoms with van der Waals surface area (Å²) >= 11 is 3.43. The van der Waals surface area contributed by atoms with Gasteiger partial charge in [0, 0.05) is 35.2 Å². The normalized spacial score (nSPS) is 14.3. The molecule has 35 heavy (non-hydrogen) atoms. The van der Waals surface area contributed by atoms with Crippen molar-refractivity contribution in [2.24, 2.45) is 11.8 Å². The summed E-state index contributed by atoms with van der Waals surface area (Å²) in [6.07, 6.45) is 3.09. The van der Waals surface area contributed by atoms with Gasteiger partial charge in [0.2, 0.25) is 5.91 Å². The van der Waals surface area contributed by atoms with Gasteiger partial charge in [0.05, 0.1) is 17.9 Å². The van der Waals surface area contributed by atoms with Gasteiger partial charge in [-0.25, -0.2) is 4.68 Å². The van der Waals surface area contributed by atoms with Crippen molar-refractivity contribution in [1.82, 2.24) is 20.0 Å². The third-order valence-electron chi connectivity index (χ3n) is 6.37. The van der Waals surface area contributed by atoms with Crippen LogP contribution in [0.4, 0.5) is 0 Å². The molecule has 184 valence electrons. The van der Waals surface area contributed by atoms with E-state index >= 15 is 0 Å². The van der Waals surface area contributed by atoms with E-state index in [0.717, 1.165) is 40.8 Å². The molecule has 1 aliphatic rings. The highest BCUT2D eigenvalue weighted by Crippen LogP contribution is 2.23. The Balaban J connectivity index is 1.28. The van der Waals surface area contributed by atoms with Crippen molar-refractivity contribution in [2.75, 3.05) is 13.1 Å². The number of benzene rings is 2. The van der Waals surface area contributed by atoms with E-state index in [9.17, 15) is 9.59 Å². The SMILES string of the molecule is CC(C)Cc1cc(CNC(=O)CC2CCN(C(=O)c3cccc(Br)c3)CC2)nn1-c1ccccc1. The number of amides is 2. The number of hydrogen-bond acceptors (Lipinski definition) is 3. The maximum Gasteiger partial charge on any atom is 0.253 e. The fourth-order valence-corrected chi connectivity index (χ4v) is 4.98. The molecule has 0 radical (unpaired) electrons. The zero-order chi connectivity index (χ0) is 24.8. The van der Waals surface area contributed by atoms with Gasteiger partial charge in [0.25, 0.3) is 5.91 Å². The first-order chi connectivity index (χ1) is 16.9. The fraction of sp³-hybridized carbons (Fsp3) is 0.393. The maximum absolute atomic E-state index is 12.8. The molecule has 1 fully saturated rings. The summed E-state index contributed by atoms with van der Waals surface area (Å²) in [6, 6.07) is 19.7. The predicted molar refractivity (Wildman–Crippen MR) is 141 cm³/mol. The molecule has 4 rings (SSSR count). The first-order valence-electron chi connectivity index (χ1n) is 12.3. The molecule has 0 aliphatic carbocycles. The molecule has 3 aromatic rings. The number of hydrogen-bond donors (Lipinski definition) is 1. The lowest BCUT2D eigenvalue weighted by Crippen LogP contribution is -2.39. The highest BCUT2D eigenvalue weighted by atomic mass is 79.9. The number of nitrogens with zero attached hydrogens (tertiary/aromatic N) is 3.